The maximum absolute atomic E-state index is 11.0. The van der Waals surface area contributed by atoms with Crippen LogP contribution in [0.2, 0.25) is 0 Å². The van der Waals surface area contributed by atoms with Crippen LogP contribution in [0.15, 0.2) is 0 Å². The number of alkyl halides is 3. The Morgan fingerprint density at radius 1 is 1.50 bits per heavy atom. The van der Waals surface area contributed by atoms with Crippen LogP contribution in [-0.4, -0.2) is 6.36 Å². The number of hydrogen-bond donors (Lipinski definition) is 0. The Bertz CT molecular complexity index is 58.8. The lowest BCUT2D eigenvalue weighted by Gasteiger charge is -1.94. The Balaban J connectivity index is 3.11. The number of ether oxygens (including phenoxy) is 1. The van der Waals surface area contributed by atoms with Crippen molar-refractivity contribution in [3.63, 3.8) is 0 Å². The molecule has 0 aromatic carbocycles. The van der Waals surface area contributed by atoms with Crippen LogP contribution in [0, 0.1) is 6.61 Å². The van der Waals surface area contributed by atoms with E-state index in [9.17, 15) is 13.2 Å². The average molecular weight is 127 g/mol. The molecule has 48 valence electrons. The van der Waals surface area contributed by atoms with Gasteiger partial charge in [-0.05, 0) is 6.92 Å². The minimum Gasteiger partial charge on any atom is -0.141 e. The summed E-state index contributed by atoms with van der Waals surface area (Å²) in [6.07, 6.45) is -4.24. The molecule has 0 unspecified atom stereocenters. The summed E-state index contributed by atoms with van der Waals surface area (Å²) in [6, 6.07) is 0. The molecule has 0 aliphatic heterocycles. The van der Waals surface area contributed by atoms with Gasteiger partial charge in [-0.15, -0.1) is 13.2 Å². The van der Waals surface area contributed by atoms with Gasteiger partial charge < -0.3 is 0 Å². The van der Waals surface area contributed by atoms with Gasteiger partial charge >= 0.3 is 6.36 Å². The van der Waals surface area contributed by atoms with E-state index in [1.54, 1.807) is 6.92 Å². The summed E-state index contributed by atoms with van der Waals surface area (Å²) in [7, 11) is 0. The molecule has 0 N–H and O–H groups in total. The highest BCUT2D eigenvalue weighted by molar-refractivity contribution is 4.43. The fraction of sp³-hybridized carbons (Fsp3) is 0.750. The summed E-state index contributed by atoms with van der Waals surface area (Å²) < 4.78 is 36.2. The lowest BCUT2D eigenvalue weighted by Crippen LogP contribution is -2.10. The van der Waals surface area contributed by atoms with Crippen molar-refractivity contribution in [2.45, 2.75) is 19.7 Å². The van der Waals surface area contributed by atoms with Crippen LogP contribution in [-0.2, 0) is 4.74 Å². The quantitative estimate of drug-likeness (QED) is 0.516. The molecule has 0 aromatic rings. The van der Waals surface area contributed by atoms with E-state index in [2.05, 4.69) is 4.74 Å². The molecule has 0 amide bonds. The first-order valence-electron chi connectivity index (χ1n) is 2.12. The van der Waals surface area contributed by atoms with Crippen molar-refractivity contribution in [3.05, 3.63) is 6.61 Å². The maximum Gasteiger partial charge on any atom is 0.562 e. The second-order valence-corrected chi connectivity index (χ2v) is 1.14. The van der Waals surface area contributed by atoms with E-state index in [0.29, 0.717) is 6.61 Å². The Kier molecular flexibility index (Phi) is 2.68. The monoisotopic (exact) mass is 127 g/mol. The van der Waals surface area contributed by atoms with Crippen molar-refractivity contribution in [1.82, 2.24) is 0 Å². The first kappa shape index (κ1) is 7.62. The smallest absolute Gasteiger partial charge is 0.141 e. The standard InChI is InChI=1S/C4H6F3O/c1-2-3-8-4(5,6)7/h3H,2H2,1H3/q+1. The van der Waals surface area contributed by atoms with Crippen LogP contribution in [0.4, 0.5) is 13.2 Å². The van der Waals surface area contributed by atoms with Crippen molar-refractivity contribution in [2.75, 3.05) is 0 Å². The molecule has 0 aromatic heterocycles. The van der Waals surface area contributed by atoms with Crippen LogP contribution < -0.4 is 0 Å². The molecule has 0 bridgehead atoms. The fourth-order valence-electron chi connectivity index (χ4n) is 0.178. The fourth-order valence-corrected chi connectivity index (χ4v) is 0.178. The highest BCUT2D eigenvalue weighted by atomic mass is 19.4. The van der Waals surface area contributed by atoms with Gasteiger partial charge in [-0.25, -0.2) is 0 Å². The molecule has 0 saturated heterocycles. The topological polar surface area (TPSA) is 9.23 Å². The summed E-state index contributed by atoms with van der Waals surface area (Å²) in [6.45, 7) is 2.27. The molecule has 0 aliphatic carbocycles. The molecule has 0 saturated carbocycles. The van der Waals surface area contributed by atoms with E-state index in [1.807, 2.05) is 0 Å². The largest absolute Gasteiger partial charge is 0.562 e. The van der Waals surface area contributed by atoms with Crippen LogP contribution >= 0.6 is 0 Å². The first-order chi connectivity index (χ1) is 3.56. The van der Waals surface area contributed by atoms with Crippen molar-refractivity contribution in [2.24, 2.45) is 0 Å². The Morgan fingerprint density at radius 3 is 2.12 bits per heavy atom. The van der Waals surface area contributed by atoms with Crippen LogP contribution in [0.3, 0.4) is 0 Å². The molecular weight excluding hydrogens is 121 g/mol. The van der Waals surface area contributed by atoms with Gasteiger partial charge in [0.05, 0.1) is 0 Å². The molecule has 0 fully saturated rings. The molecule has 1 nitrogen and oxygen atoms in total. The Morgan fingerprint density at radius 2 is 2.00 bits per heavy atom. The van der Waals surface area contributed by atoms with E-state index < -0.39 is 6.36 Å². The molecule has 8 heavy (non-hydrogen) atoms. The Hall–Kier alpha value is -0.380. The SMILES string of the molecule is CC[CH+]OC(F)(F)F. The number of hydrogen-bond acceptors (Lipinski definition) is 1. The minimum absolute atomic E-state index is 0.263. The van der Waals surface area contributed by atoms with E-state index >= 15 is 0 Å². The lowest BCUT2D eigenvalue weighted by atomic mass is 10.5. The van der Waals surface area contributed by atoms with Gasteiger partial charge in [0.25, 0.3) is 0 Å². The van der Waals surface area contributed by atoms with Gasteiger partial charge in [0.1, 0.15) is 6.42 Å². The number of rotatable bonds is 2. The number of halogens is 3. The summed E-state index contributed by atoms with van der Waals surface area (Å²) in [5, 5.41) is 0. The van der Waals surface area contributed by atoms with E-state index in [1.165, 1.54) is 0 Å². The predicted octanol–water partition coefficient (Wildman–Crippen LogP) is 2.09. The average Bonchev–Trinajstić information content (AvgIpc) is 1.59. The highest BCUT2D eigenvalue weighted by Crippen LogP contribution is 2.17. The Labute approximate surface area is 45.4 Å². The summed E-state index contributed by atoms with van der Waals surface area (Å²) in [5.74, 6) is 0. The zero-order chi connectivity index (χ0) is 6.62. The normalized spacial score (nSPS) is 11.5. The predicted molar refractivity (Wildman–Crippen MR) is 21.7 cm³/mol. The van der Waals surface area contributed by atoms with Crippen LogP contribution in [0.5, 0.6) is 0 Å². The zero-order valence-electron chi connectivity index (χ0n) is 4.33. The molecule has 0 radical (unpaired) electrons. The van der Waals surface area contributed by atoms with Gasteiger partial charge in [0.2, 0.25) is 6.61 Å². The van der Waals surface area contributed by atoms with Crippen molar-refractivity contribution >= 4 is 0 Å². The van der Waals surface area contributed by atoms with Gasteiger partial charge in [-0.3, -0.25) is 0 Å². The molecule has 0 rings (SSSR count). The van der Waals surface area contributed by atoms with Gasteiger partial charge in [0.15, 0.2) is 0 Å². The summed E-state index contributed by atoms with van der Waals surface area (Å²) in [5.41, 5.74) is 0. The molecule has 0 aliphatic rings. The second kappa shape index (κ2) is 2.81. The van der Waals surface area contributed by atoms with E-state index in [4.69, 9.17) is 0 Å². The van der Waals surface area contributed by atoms with E-state index in [0.717, 1.165) is 0 Å². The van der Waals surface area contributed by atoms with Crippen molar-refractivity contribution in [3.8, 4) is 0 Å². The van der Waals surface area contributed by atoms with Gasteiger partial charge in [0, 0.05) is 0 Å². The van der Waals surface area contributed by atoms with Crippen LogP contribution in [0.25, 0.3) is 0 Å². The molecule has 0 heterocycles. The van der Waals surface area contributed by atoms with Gasteiger partial charge in [-0.1, -0.05) is 4.74 Å². The van der Waals surface area contributed by atoms with Crippen molar-refractivity contribution < 1.29 is 17.9 Å². The summed E-state index contributed by atoms with van der Waals surface area (Å²) in [4.78, 5) is 0. The first-order valence-corrected chi connectivity index (χ1v) is 2.12. The second-order valence-electron chi connectivity index (χ2n) is 1.14. The maximum atomic E-state index is 11.0. The molecular formula is C4H6F3O+. The van der Waals surface area contributed by atoms with E-state index in [-0.39, 0.29) is 6.42 Å². The third-order valence-electron chi connectivity index (χ3n) is 0.384. The molecule has 0 spiro atoms. The summed E-state index contributed by atoms with van der Waals surface area (Å²) >= 11 is 0. The molecule has 0 atom stereocenters. The third-order valence-corrected chi connectivity index (χ3v) is 0.384. The highest BCUT2D eigenvalue weighted by Gasteiger charge is 2.34. The van der Waals surface area contributed by atoms with Crippen molar-refractivity contribution in [1.29, 1.82) is 0 Å². The minimum atomic E-state index is -4.50. The zero-order valence-corrected chi connectivity index (χ0v) is 4.33. The molecule has 4 heteroatoms. The van der Waals surface area contributed by atoms with Crippen LogP contribution in [0.1, 0.15) is 13.3 Å². The van der Waals surface area contributed by atoms with Gasteiger partial charge in [-0.2, -0.15) is 0 Å². The lowest BCUT2D eigenvalue weighted by molar-refractivity contribution is -0.309. The third kappa shape index (κ3) is 5.62.